The molecule has 1 aromatic heterocycles. The fourth-order valence-corrected chi connectivity index (χ4v) is 7.99. The van der Waals surface area contributed by atoms with Gasteiger partial charge in [0, 0.05) is 11.4 Å². The molecule has 0 saturated carbocycles. The minimum atomic E-state index is -3.40. The molecule has 1 N–H and O–H groups in total. The van der Waals surface area contributed by atoms with Crippen molar-refractivity contribution in [2.75, 3.05) is 14.1 Å². The number of rotatable bonds is 5. The predicted octanol–water partition coefficient (Wildman–Crippen LogP) is 3.09. The molecule has 1 aromatic rings. The van der Waals surface area contributed by atoms with E-state index in [9.17, 15) is 8.42 Å². The van der Waals surface area contributed by atoms with Gasteiger partial charge in [0.15, 0.2) is 0 Å². The van der Waals surface area contributed by atoms with Crippen molar-refractivity contribution < 1.29 is 8.42 Å². The Morgan fingerprint density at radius 2 is 1.80 bits per heavy atom. The molecule has 0 aromatic carbocycles. The lowest BCUT2D eigenvalue weighted by Crippen LogP contribution is -2.54. The summed E-state index contributed by atoms with van der Waals surface area (Å²) in [7, 11) is -1.54. The molecule has 0 atom stereocenters. The molecule has 20 heavy (non-hydrogen) atoms. The van der Waals surface area contributed by atoms with Crippen LogP contribution in [0.1, 0.15) is 25.6 Å². The van der Waals surface area contributed by atoms with Crippen LogP contribution in [0.2, 0.25) is 18.1 Å². The topological polar surface area (TPSA) is 49.4 Å². The van der Waals surface area contributed by atoms with E-state index in [0.717, 1.165) is 11.4 Å². The Bertz CT molecular complexity index is 557. The maximum Gasteiger partial charge on any atom is 0.244 e. The van der Waals surface area contributed by atoms with Gasteiger partial charge in [0.05, 0.1) is 0 Å². The van der Waals surface area contributed by atoms with Crippen LogP contribution in [0.15, 0.2) is 16.3 Å². The summed E-state index contributed by atoms with van der Waals surface area (Å²) in [5.74, 6) is 0. The average molecular weight is 335 g/mol. The molecular weight excluding hydrogens is 308 g/mol. The average Bonchev–Trinajstić information content (AvgIpc) is 2.62. The summed E-state index contributed by atoms with van der Waals surface area (Å²) >= 11 is 1.35. The smallest absolute Gasteiger partial charge is 0.244 e. The van der Waals surface area contributed by atoms with Gasteiger partial charge in [-0.3, -0.25) is 0 Å². The van der Waals surface area contributed by atoms with E-state index in [0.29, 0.717) is 4.21 Å². The first-order chi connectivity index (χ1) is 8.85. The van der Waals surface area contributed by atoms with Crippen molar-refractivity contribution in [1.82, 2.24) is 9.29 Å². The molecular formula is C13H26N2O2S2Si. The van der Waals surface area contributed by atoms with Crippen LogP contribution < -0.4 is 4.39 Å². The van der Waals surface area contributed by atoms with E-state index >= 15 is 0 Å². The van der Waals surface area contributed by atoms with E-state index < -0.39 is 18.3 Å². The van der Waals surface area contributed by atoms with Crippen LogP contribution in [0.25, 0.3) is 0 Å². The van der Waals surface area contributed by atoms with Crippen LogP contribution >= 0.6 is 11.3 Å². The predicted molar refractivity (Wildman–Crippen MR) is 89.2 cm³/mol. The molecule has 0 radical (unpaired) electrons. The lowest BCUT2D eigenvalue weighted by atomic mass is 10.2. The van der Waals surface area contributed by atoms with Gasteiger partial charge in [0.25, 0.3) is 0 Å². The molecule has 116 valence electrons. The SMILES string of the molecule is CN(C)Cc1ccc(S(=O)(=O)N[Si](C)(C)C(C)(C)C)s1. The Morgan fingerprint density at radius 3 is 2.25 bits per heavy atom. The molecule has 0 aliphatic heterocycles. The maximum atomic E-state index is 12.5. The van der Waals surface area contributed by atoms with Gasteiger partial charge in [-0.05, 0) is 31.3 Å². The monoisotopic (exact) mass is 334 g/mol. The van der Waals surface area contributed by atoms with Crippen LogP contribution in [-0.2, 0) is 16.6 Å². The standard InChI is InChI=1S/C13H26N2O2S2Si/c1-13(2,3)20(6,7)14-19(16,17)12-9-8-11(18-12)10-15(4)5/h8-9,14H,10H2,1-7H3. The second-order valence-electron chi connectivity index (χ2n) is 6.94. The Balaban J connectivity index is 2.98. The zero-order valence-electron chi connectivity index (χ0n) is 13.4. The molecule has 7 heteroatoms. The number of sulfonamides is 1. The second-order valence-corrected chi connectivity index (χ2v) is 15.4. The summed E-state index contributed by atoms with van der Waals surface area (Å²) < 4.78 is 28.4. The Morgan fingerprint density at radius 1 is 1.25 bits per heavy atom. The quantitative estimate of drug-likeness (QED) is 0.842. The normalized spacial score (nSPS) is 14.0. The first kappa shape index (κ1) is 17.8. The third-order valence-corrected chi connectivity index (χ3v) is 12.9. The fraction of sp³-hybridized carbons (Fsp3) is 0.692. The highest BCUT2D eigenvalue weighted by Gasteiger charge is 2.39. The van der Waals surface area contributed by atoms with Gasteiger partial charge < -0.3 is 4.90 Å². The molecule has 0 unspecified atom stereocenters. The van der Waals surface area contributed by atoms with Crippen molar-refractivity contribution in [2.24, 2.45) is 0 Å². The van der Waals surface area contributed by atoms with E-state index in [1.807, 2.05) is 25.1 Å². The number of nitrogens with one attached hydrogen (secondary N) is 1. The van der Waals surface area contributed by atoms with E-state index in [1.165, 1.54) is 11.3 Å². The number of hydrogen-bond acceptors (Lipinski definition) is 4. The summed E-state index contributed by atoms with van der Waals surface area (Å²) in [4.78, 5) is 3.09. The fourth-order valence-electron chi connectivity index (χ4n) is 1.44. The van der Waals surface area contributed by atoms with Crippen molar-refractivity contribution in [1.29, 1.82) is 0 Å². The van der Waals surface area contributed by atoms with E-state index in [2.05, 4.69) is 38.3 Å². The van der Waals surface area contributed by atoms with Crippen molar-refractivity contribution in [3.63, 3.8) is 0 Å². The largest absolute Gasteiger partial charge is 0.304 e. The first-order valence-electron chi connectivity index (χ1n) is 6.62. The van der Waals surface area contributed by atoms with Gasteiger partial charge in [-0.2, -0.15) is 0 Å². The number of thiophene rings is 1. The number of hydrogen-bond donors (Lipinski definition) is 1. The Kier molecular flexibility index (Phi) is 5.25. The highest BCUT2D eigenvalue weighted by molar-refractivity contribution is 7.93. The minimum absolute atomic E-state index is 0.0240. The third-order valence-electron chi connectivity index (χ3n) is 3.64. The zero-order valence-corrected chi connectivity index (χ0v) is 16.1. The minimum Gasteiger partial charge on any atom is -0.304 e. The van der Waals surface area contributed by atoms with Crippen molar-refractivity contribution >= 4 is 29.6 Å². The molecule has 1 rings (SSSR count). The summed E-state index contributed by atoms with van der Waals surface area (Å²) in [5, 5.41) is -0.0240. The molecule has 0 aliphatic rings. The lowest BCUT2D eigenvalue weighted by molar-refractivity contribution is 0.406. The van der Waals surface area contributed by atoms with Crippen LogP contribution in [0.5, 0.6) is 0 Å². The molecule has 4 nitrogen and oxygen atoms in total. The molecule has 0 aliphatic carbocycles. The first-order valence-corrected chi connectivity index (χ1v) is 11.9. The van der Waals surface area contributed by atoms with Gasteiger partial charge in [-0.25, -0.2) is 12.8 Å². The van der Waals surface area contributed by atoms with E-state index in [-0.39, 0.29) is 5.04 Å². The number of nitrogens with zero attached hydrogens (tertiary/aromatic N) is 1. The zero-order chi connectivity index (χ0) is 15.8. The van der Waals surface area contributed by atoms with Crippen molar-refractivity contribution in [2.45, 2.75) is 49.7 Å². The second kappa shape index (κ2) is 5.88. The maximum absolute atomic E-state index is 12.5. The van der Waals surface area contributed by atoms with Gasteiger partial charge in [0.2, 0.25) is 10.0 Å². The highest BCUT2D eigenvalue weighted by atomic mass is 32.2. The summed E-state index contributed by atoms with van der Waals surface area (Å²) in [6, 6.07) is 3.60. The van der Waals surface area contributed by atoms with Crippen LogP contribution in [0.4, 0.5) is 0 Å². The van der Waals surface area contributed by atoms with E-state index in [1.54, 1.807) is 6.07 Å². The summed E-state index contributed by atoms with van der Waals surface area (Å²) in [5.41, 5.74) is 0. The van der Waals surface area contributed by atoms with E-state index in [4.69, 9.17) is 0 Å². The summed E-state index contributed by atoms with van der Waals surface area (Å²) in [6.07, 6.45) is 0. The van der Waals surface area contributed by atoms with Crippen LogP contribution in [-0.4, -0.2) is 35.6 Å². The Labute approximate surface area is 128 Å². The molecule has 0 amide bonds. The Hall–Kier alpha value is -0.213. The molecule has 1 heterocycles. The third kappa shape index (κ3) is 4.39. The molecule has 0 spiro atoms. The van der Waals surface area contributed by atoms with Gasteiger partial charge in [-0.1, -0.05) is 33.9 Å². The molecule has 0 bridgehead atoms. The van der Waals surface area contributed by atoms with Crippen molar-refractivity contribution in [3.05, 3.63) is 17.0 Å². The van der Waals surface area contributed by atoms with Crippen LogP contribution in [0.3, 0.4) is 0 Å². The molecule has 0 fully saturated rings. The summed E-state index contributed by atoms with van der Waals surface area (Å²) in [6.45, 7) is 11.1. The molecule has 0 saturated heterocycles. The lowest BCUT2D eigenvalue weighted by Gasteiger charge is -2.36. The van der Waals surface area contributed by atoms with Gasteiger partial charge in [0.1, 0.15) is 12.4 Å². The van der Waals surface area contributed by atoms with Gasteiger partial charge in [-0.15, -0.1) is 11.3 Å². The van der Waals surface area contributed by atoms with Gasteiger partial charge >= 0.3 is 0 Å². The van der Waals surface area contributed by atoms with Crippen LogP contribution in [0, 0.1) is 0 Å². The van der Waals surface area contributed by atoms with Crippen molar-refractivity contribution in [3.8, 4) is 0 Å². The highest BCUT2D eigenvalue weighted by Crippen LogP contribution is 2.35.